The molecule has 1 heterocycles. The minimum atomic E-state index is -0.394. The van der Waals surface area contributed by atoms with Crippen molar-refractivity contribution in [1.29, 1.82) is 5.26 Å². The van der Waals surface area contributed by atoms with Crippen molar-refractivity contribution in [2.45, 2.75) is 12.5 Å². The molecule has 1 aromatic heterocycles. The van der Waals surface area contributed by atoms with E-state index >= 15 is 0 Å². The molecule has 0 fully saturated rings. The Morgan fingerprint density at radius 2 is 2.55 bits per heavy atom. The number of hydrogen-bond acceptors (Lipinski definition) is 4. The van der Waals surface area contributed by atoms with Crippen molar-refractivity contribution in [2.24, 2.45) is 5.73 Å². The molecule has 6 heteroatoms. The molecule has 0 amide bonds. The van der Waals surface area contributed by atoms with Crippen LogP contribution >= 0.6 is 12.2 Å². The predicted octanol–water partition coefficient (Wildman–Crippen LogP) is 0.381. The lowest BCUT2D eigenvalue weighted by molar-refractivity contribution is 0.712. The number of hydrogen-bond donors (Lipinski definition) is 3. The summed E-state index contributed by atoms with van der Waals surface area (Å²) in [4.78, 5) is 0. The maximum absolute atomic E-state index is 8.31. The van der Waals surface area contributed by atoms with Crippen molar-refractivity contribution in [1.82, 2.24) is 15.4 Å². The van der Waals surface area contributed by atoms with E-state index in [-0.39, 0.29) is 6.42 Å². The van der Waals surface area contributed by atoms with Gasteiger partial charge in [-0.3, -0.25) is 5.10 Å². The average Bonchev–Trinajstić information content (AvgIpc) is 2.36. The lowest BCUT2D eigenvalue weighted by atomic mass is 10.2. The van der Waals surface area contributed by atoms with Crippen molar-refractivity contribution >= 4 is 12.2 Å². The van der Waals surface area contributed by atoms with E-state index < -0.39 is 6.04 Å². The van der Waals surface area contributed by atoms with Crippen molar-refractivity contribution in [3.8, 4) is 6.07 Å². The fourth-order valence-electron chi connectivity index (χ4n) is 0.700. The van der Waals surface area contributed by atoms with Gasteiger partial charge in [0.2, 0.25) is 0 Å². The first-order valence-corrected chi connectivity index (χ1v) is 3.42. The van der Waals surface area contributed by atoms with Gasteiger partial charge in [-0.15, -0.1) is 0 Å². The highest BCUT2D eigenvalue weighted by Gasteiger charge is 2.09. The molecule has 1 aromatic rings. The Hall–Kier alpha value is -1.19. The zero-order valence-electron chi connectivity index (χ0n) is 5.66. The highest BCUT2D eigenvalue weighted by atomic mass is 32.1. The second-order valence-corrected chi connectivity index (χ2v) is 2.44. The van der Waals surface area contributed by atoms with Crippen LogP contribution in [0.4, 0.5) is 0 Å². The van der Waals surface area contributed by atoms with Gasteiger partial charge < -0.3 is 5.73 Å². The lowest BCUT2D eigenvalue weighted by Gasteiger charge is -1.99. The molecule has 0 saturated heterocycles. The SMILES string of the molecule is N#CC[C@@H](N)c1n[nH][nH]c1=S. The zero-order chi connectivity index (χ0) is 8.27. The quantitative estimate of drug-likeness (QED) is 0.558. The van der Waals surface area contributed by atoms with Gasteiger partial charge in [-0.1, -0.05) is 12.2 Å². The van der Waals surface area contributed by atoms with Crippen LogP contribution in [-0.4, -0.2) is 15.4 Å². The number of rotatable bonds is 2. The Bertz CT molecular complexity index is 318. The Labute approximate surface area is 68.2 Å². The second kappa shape index (κ2) is 3.27. The first-order chi connectivity index (χ1) is 5.25. The molecule has 1 rings (SSSR count). The molecule has 0 aliphatic heterocycles. The molecule has 0 spiro atoms. The van der Waals surface area contributed by atoms with E-state index in [4.69, 9.17) is 23.2 Å². The van der Waals surface area contributed by atoms with E-state index in [9.17, 15) is 0 Å². The van der Waals surface area contributed by atoms with Crippen LogP contribution in [0.5, 0.6) is 0 Å². The minimum Gasteiger partial charge on any atom is -0.322 e. The molecule has 0 aliphatic rings. The largest absolute Gasteiger partial charge is 0.322 e. The summed E-state index contributed by atoms with van der Waals surface area (Å²) < 4.78 is 0.466. The smallest absolute Gasteiger partial charge is 0.144 e. The van der Waals surface area contributed by atoms with Crippen molar-refractivity contribution in [2.75, 3.05) is 0 Å². The molecule has 4 N–H and O–H groups in total. The average molecular weight is 169 g/mol. The van der Waals surface area contributed by atoms with Crippen molar-refractivity contribution in [3.05, 3.63) is 10.3 Å². The fraction of sp³-hybridized carbons (Fsp3) is 0.400. The monoisotopic (exact) mass is 169 g/mol. The third kappa shape index (κ3) is 1.63. The molecule has 0 bridgehead atoms. The molecular weight excluding hydrogens is 162 g/mol. The van der Waals surface area contributed by atoms with Crippen LogP contribution in [0.1, 0.15) is 18.2 Å². The Morgan fingerprint density at radius 1 is 1.82 bits per heavy atom. The van der Waals surface area contributed by atoms with E-state index in [1.807, 2.05) is 6.07 Å². The molecule has 11 heavy (non-hydrogen) atoms. The van der Waals surface area contributed by atoms with Crippen LogP contribution in [0.15, 0.2) is 0 Å². The van der Waals surface area contributed by atoms with E-state index in [1.54, 1.807) is 0 Å². The highest BCUT2D eigenvalue weighted by molar-refractivity contribution is 7.71. The van der Waals surface area contributed by atoms with Crippen LogP contribution in [0.2, 0.25) is 0 Å². The molecule has 58 valence electrons. The zero-order valence-corrected chi connectivity index (χ0v) is 6.48. The van der Waals surface area contributed by atoms with Gasteiger partial charge in [-0.25, -0.2) is 5.21 Å². The van der Waals surface area contributed by atoms with Gasteiger partial charge in [0, 0.05) is 0 Å². The van der Waals surface area contributed by atoms with Gasteiger partial charge in [0.05, 0.1) is 18.5 Å². The summed E-state index contributed by atoms with van der Waals surface area (Å²) in [5.74, 6) is 0. The molecule has 0 radical (unpaired) electrons. The molecule has 0 saturated carbocycles. The topological polar surface area (TPSA) is 94.3 Å². The van der Waals surface area contributed by atoms with Crippen LogP contribution in [0, 0.1) is 16.0 Å². The van der Waals surface area contributed by atoms with Gasteiger partial charge in [0.15, 0.2) is 0 Å². The van der Waals surface area contributed by atoms with Crippen LogP contribution in [0.3, 0.4) is 0 Å². The fourth-order valence-corrected chi connectivity index (χ4v) is 0.943. The maximum atomic E-state index is 8.31. The van der Waals surface area contributed by atoms with E-state index in [0.717, 1.165) is 0 Å². The number of nitrogens with one attached hydrogen (secondary N) is 2. The summed E-state index contributed by atoms with van der Waals surface area (Å²) in [6.45, 7) is 0. The first kappa shape index (κ1) is 7.91. The number of aromatic nitrogens is 3. The van der Waals surface area contributed by atoms with E-state index in [1.165, 1.54) is 0 Å². The number of nitrogens with zero attached hydrogens (tertiary/aromatic N) is 2. The summed E-state index contributed by atoms with van der Waals surface area (Å²) in [6, 6.07) is 1.55. The minimum absolute atomic E-state index is 0.225. The van der Waals surface area contributed by atoms with Crippen LogP contribution < -0.4 is 5.73 Å². The van der Waals surface area contributed by atoms with Crippen LogP contribution in [0.25, 0.3) is 0 Å². The summed E-state index contributed by atoms with van der Waals surface area (Å²) in [5, 5.41) is 17.2. The standard InChI is InChI=1S/C5H7N5S/c6-2-1-3(7)4-5(11)9-10-8-4/h3H,1,7H2,(H2,8,9,10,11)/t3-/m1/s1. The summed E-state index contributed by atoms with van der Waals surface area (Å²) in [7, 11) is 0. The molecular formula is C5H7N5S. The summed E-state index contributed by atoms with van der Waals surface area (Å²) >= 11 is 4.84. The number of aromatic amines is 2. The Balaban J connectivity index is 2.86. The normalized spacial score (nSPS) is 12.4. The highest BCUT2D eigenvalue weighted by Crippen LogP contribution is 2.09. The molecule has 5 nitrogen and oxygen atoms in total. The Kier molecular flexibility index (Phi) is 2.36. The van der Waals surface area contributed by atoms with Gasteiger partial charge in [-0.05, 0) is 0 Å². The second-order valence-electron chi connectivity index (χ2n) is 2.03. The van der Waals surface area contributed by atoms with Gasteiger partial charge in [-0.2, -0.15) is 10.4 Å². The predicted molar refractivity (Wildman–Crippen MR) is 40.9 cm³/mol. The van der Waals surface area contributed by atoms with Gasteiger partial charge >= 0.3 is 0 Å². The van der Waals surface area contributed by atoms with Gasteiger partial charge in [0.1, 0.15) is 10.3 Å². The van der Waals surface area contributed by atoms with Crippen molar-refractivity contribution < 1.29 is 0 Å². The molecule has 1 atom stereocenters. The first-order valence-electron chi connectivity index (χ1n) is 3.01. The third-order valence-corrected chi connectivity index (χ3v) is 1.55. The third-order valence-electron chi connectivity index (χ3n) is 1.24. The summed E-state index contributed by atoms with van der Waals surface area (Å²) in [6.07, 6.45) is 0.225. The maximum Gasteiger partial charge on any atom is 0.144 e. The van der Waals surface area contributed by atoms with Crippen molar-refractivity contribution in [3.63, 3.8) is 0 Å². The summed E-state index contributed by atoms with van der Waals surface area (Å²) in [5.41, 5.74) is 6.10. The van der Waals surface area contributed by atoms with E-state index in [2.05, 4.69) is 15.4 Å². The number of nitriles is 1. The van der Waals surface area contributed by atoms with Crippen LogP contribution in [-0.2, 0) is 0 Å². The number of nitrogens with two attached hydrogens (primary N) is 1. The number of H-pyrrole nitrogens is 2. The molecule has 0 aromatic carbocycles. The Morgan fingerprint density at radius 3 is 3.00 bits per heavy atom. The molecule has 0 unspecified atom stereocenters. The lowest BCUT2D eigenvalue weighted by Crippen LogP contribution is -2.10. The van der Waals surface area contributed by atoms with E-state index in [0.29, 0.717) is 10.3 Å². The molecule has 0 aliphatic carbocycles. The van der Waals surface area contributed by atoms with Gasteiger partial charge in [0.25, 0.3) is 0 Å².